The van der Waals surface area contributed by atoms with Gasteiger partial charge in [0.2, 0.25) is 5.91 Å². The van der Waals surface area contributed by atoms with Crippen LogP contribution in [0.1, 0.15) is 99.4 Å². The van der Waals surface area contributed by atoms with Crippen LogP contribution in [0.15, 0.2) is 22.8 Å². The molecule has 3 fully saturated rings. The summed E-state index contributed by atoms with van der Waals surface area (Å²) in [5, 5.41) is 13.4. The van der Waals surface area contributed by atoms with Crippen molar-refractivity contribution in [3.05, 3.63) is 46.5 Å². The number of ketones is 1. The lowest BCUT2D eigenvalue weighted by molar-refractivity contribution is -0.136. The standard InChI is InChI=1S/C36H52FN7O5/c1-7-29-33(41-49-40-29)34(46)38-32(24-10-8-21(2)9-11-24)30(45)19-26-13-12-25(18-28(26)37)23(4)31(39-36(48)43(6)27-14-15-27)35(47)44-17-16-42(5)22(3)20-44/h12-13,18,21-24,27,31-32H,7-11,14-17,19-20H2,1-6H3,(H,38,46)(H,39,48)/t21?,22-,23+,24?,31-,32+/m1/s1. The molecule has 49 heavy (non-hydrogen) atoms. The molecule has 268 valence electrons. The number of carbonyl (C=O) groups excluding carboxylic acids is 4. The van der Waals surface area contributed by atoms with Crippen molar-refractivity contribution in [1.29, 1.82) is 0 Å². The van der Waals surface area contributed by atoms with Crippen molar-refractivity contribution >= 4 is 23.6 Å². The molecule has 1 saturated heterocycles. The SMILES string of the molecule is CCc1nonc1C(=O)N[C@H](C(=O)Cc1ccc([C@H](C)[C@@H](NC(=O)N(C)C2CC2)C(=O)N2CCN(C)[C@H](C)C2)cc1F)C1CCC(C)CC1. The van der Waals surface area contributed by atoms with Crippen LogP contribution in [0.5, 0.6) is 0 Å². The van der Waals surface area contributed by atoms with E-state index in [1.165, 1.54) is 6.07 Å². The fraction of sp³-hybridized carbons (Fsp3) is 0.667. The first kappa shape index (κ1) is 36.4. The summed E-state index contributed by atoms with van der Waals surface area (Å²) in [6.45, 7) is 9.68. The van der Waals surface area contributed by atoms with Gasteiger partial charge in [-0.25, -0.2) is 13.8 Å². The molecule has 4 atom stereocenters. The van der Waals surface area contributed by atoms with Crippen LogP contribution in [0, 0.1) is 17.7 Å². The smallest absolute Gasteiger partial charge is 0.318 e. The van der Waals surface area contributed by atoms with Crippen LogP contribution in [0.4, 0.5) is 9.18 Å². The molecule has 1 aromatic carbocycles. The molecule has 5 rings (SSSR count). The minimum Gasteiger partial charge on any atom is -0.340 e. The number of halogens is 1. The molecule has 2 saturated carbocycles. The fourth-order valence-electron chi connectivity index (χ4n) is 7.09. The number of amides is 4. The van der Waals surface area contributed by atoms with E-state index in [1.807, 2.05) is 20.9 Å². The Morgan fingerprint density at radius 3 is 2.39 bits per heavy atom. The van der Waals surface area contributed by atoms with Crippen molar-refractivity contribution in [2.45, 2.75) is 109 Å². The molecule has 2 aliphatic carbocycles. The van der Waals surface area contributed by atoms with E-state index in [4.69, 9.17) is 4.63 Å². The third kappa shape index (κ3) is 8.66. The van der Waals surface area contributed by atoms with Gasteiger partial charge in [-0.3, -0.25) is 14.4 Å². The van der Waals surface area contributed by atoms with E-state index < -0.39 is 29.7 Å². The van der Waals surface area contributed by atoms with E-state index in [0.29, 0.717) is 36.7 Å². The van der Waals surface area contributed by atoms with Gasteiger partial charge in [0, 0.05) is 51.1 Å². The number of rotatable bonds is 12. The van der Waals surface area contributed by atoms with Crippen LogP contribution in [-0.2, 0) is 22.4 Å². The van der Waals surface area contributed by atoms with Crippen LogP contribution in [-0.4, -0.2) is 107 Å². The molecule has 1 aliphatic heterocycles. The van der Waals surface area contributed by atoms with Crippen LogP contribution in [0.25, 0.3) is 0 Å². The Bertz CT molecular complexity index is 1500. The van der Waals surface area contributed by atoms with Gasteiger partial charge < -0.3 is 25.3 Å². The summed E-state index contributed by atoms with van der Waals surface area (Å²) < 4.78 is 20.6. The largest absolute Gasteiger partial charge is 0.340 e. The second-order valence-electron chi connectivity index (χ2n) is 14.5. The highest BCUT2D eigenvalue weighted by Crippen LogP contribution is 2.32. The van der Waals surface area contributed by atoms with Crippen molar-refractivity contribution in [2.24, 2.45) is 11.8 Å². The second kappa shape index (κ2) is 15.8. The molecule has 0 bridgehead atoms. The Morgan fingerprint density at radius 1 is 1.04 bits per heavy atom. The Hall–Kier alpha value is -3.87. The predicted molar refractivity (Wildman–Crippen MR) is 181 cm³/mol. The lowest BCUT2D eigenvalue weighted by atomic mass is 9.77. The van der Waals surface area contributed by atoms with Gasteiger partial charge in [0.15, 0.2) is 11.5 Å². The van der Waals surface area contributed by atoms with E-state index in [1.54, 1.807) is 29.0 Å². The highest BCUT2D eigenvalue weighted by molar-refractivity contribution is 5.97. The third-order valence-electron chi connectivity index (χ3n) is 11.0. The zero-order valence-electron chi connectivity index (χ0n) is 29.7. The average Bonchev–Trinajstić information content (AvgIpc) is 3.83. The van der Waals surface area contributed by atoms with Crippen molar-refractivity contribution in [1.82, 2.24) is 35.6 Å². The minimum absolute atomic E-state index is 0.0551. The molecule has 1 aromatic heterocycles. The highest BCUT2D eigenvalue weighted by Gasteiger charge is 2.38. The summed E-state index contributed by atoms with van der Waals surface area (Å²) in [6, 6.07) is 2.96. The second-order valence-corrected chi connectivity index (χ2v) is 14.5. The first-order chi connectivity index (χ1) is 23.4. The Labute approximate surface area is 288 Å². The monoisotopic (exact) mass is 681 g/mol. The number of carbonyl (C=O) groups is 4. The van der Waals surface area contributed by atoms with Crippen LogP contribution < -0.4 is 10.6 Å². The number of piperazine rings is 1. The molecule has 0 unspecified atom stereocenters. The molecule has 13 heteroatoms. The van der Waals surface area contributed by atoms with Gasteiger partial charge in [0.1, 0.15) is 17.6 Å². The van der Waals surface area contributed by atoms with Crippen LogP contribution >= 0.6 is 0 Å². The molecular weight excluding hydrogens is 629 g/mol. The van der Waals surface area contributed by atoms with Crippen molar-refractivity contribution in [3.63, 3.8) is 0 Å². The number of hydrogen-bond acceptors (Lipinski definition) is 8. The number of nitrogens with one attached hydrogen (secondary N) is 2. The van der Waals surface area contributed by atoms with E-state index in [2.05, 4.69) is 39.7 Å². The number of benzene rings is 1. The van der Waals surface area contributed by atoms with Crippen LogP contribution in [0.2, 0.25) is 0 Å². The molecule has 4 amide bonds. The number of aryl methyl sites for hydroxylation is 1. The van der Waals surface area contributed by atoms with Crippen molar-refractivity contribution in [2.75, 3.05) is 33.7 Å². The number of Topliss-reactive ketones (excluding diaryl/α,β-unsaturated/α-hetero) is 1. The summed E-state index contributed by atoms with van der Waals surface area (Å²) in [4.78, 5) is 59.8. The zero-order chi connectivity index (χ0) is 35.4. The fourth-order valence-corrected chi connectivity index (χ4v) is 7.09. The van der Waals surface area contributed by atoms with Gasteiger partial charge in [0.05, 0.1) is 6.04 Å². The molecular formula is C36H52FN7O5. The summed E-state index contributed by atoms with van der Waals surface area (Å²) in [5.74, 6) is -1.67. The average molecular weight is 682 g/mol. The Balaban J connectivity index is 1.33. The minimum atomic E-state index is -0.900. The maximum absolute atomic E-state index is 15.9. The summed E-state index contributed by atoms with van der Waals surface area (Å²) in [6.07, 6.45) is 5.54. The highest BCUT2D eigenvalue weighted by atomic mass is 19.1. The van der Waals surface area contributed by atoms with Gasteiger partial charge in [-0.05, 0) is 80.3 Å². The molecule has 2 aromatic rings. The topological polar surface area (TPSA) is 141 Å². The van der Waals surface area contributed by atoms with E-state index in [-0.39, 0.29) is 53.4 Å². The first-order valence-corrected chi connectivity index (χ1v) is 17.8. The normalized spacial score (nSPS) is 23.3. The zero-order valence-corrected chi connectivity index (χ0v) is 29.7. The van der Waals surface area contributed by atoms with Gasteiger partial charge in [-0.2, -0.15) is 0 Å². The van der Waals surface area contributed by atoms with Crippen molar-refractivity contribution < 1.29 is 28.2 Å². The molecule has 2 N–H and O–H groups in total. The first-order valence-electron chi connectivity index (χ1n) is 17.8. The van der Waals surface area contributed by atoms with E-state index in [9.17, 15) is 19.2 Å². The predicted octanol–water partition coefficient (Wildman–Crippen LogP) is 3.95. The molecule has 2 heterocycles. The number of likely N-dealkylation sites (N-methyl/N-ethyl adjacent to an activating group) is 1. The quantitative estimate of drug-likeness (QED) is 0.343. The lowest BCUT2D eigenvalue weighted by Crippen LogP contribution is -2.59. The van der Waals surface area contributed by atoms with Gasteiger partial charge >= 0.3 is 6.03 Å². The van der Waals surface area contributed by atoms with Crippen LogP contribution in [0.3, 0.4) is 0 Å². The summed E-state index contributed by atoms with van der Waals surface area (Å²) in [7, 11) is 3.76. The van der Waals surface area contributed by atoms with Gasteiger partial charge in [-0.1, -0.05) is 50.9 Å². The Kier molecular flexibility index (Phi) is 11.7. The van der Waals surface area contributed by atoms with Crippen molar-refractivity contribution in [3.8, 4) is 0 Å². The molecule has 3 aliphatic rings. The summed E-state index contributed by atoms with van der Waals surface area (Å²) in [5.41, 5.74) is 1.21. The van der Waals surface area contributed by atoms with E-state index in [0.717, 1.165) is 45.1 Å². The number of nitrogens with zero attached hydrogens (tertiary/aromatic N) is 5. The number of aromatic nitrogens is 2. The van der Waals surface area contributed by atoms with Gasteiger partial charge in [-0.15, -0.1) is 0 Å². The maximum Gasteiger partial charge on any atom is 0.318 e. The van der Waals surface area contributed by atoms with E-state index >= 15 is 4.39 Å². The number of urea groups is 1. The van der Waals surface area contributed by atoms with Gasteiger partial charge in [0.25, 0.3) is 5.91 Å². The number of hydrogen-bond donors (Lipinski definition) is 2. The lowest BCUT2D eigenvalue weighted by Gasteiger charge is -2.40. The Morgan fingerprint density at radius 2 is 1.76 bits per heavy atom. The summed E-state index contributed by atoms with van der Waals surface area (Å²) >= 11 is 0. The third-order valence-corrected chi connectivity index (χ3v) is 11.0. The molecule has 12 nitrogen and oxygen atoms in total. The maximum atomic E-state index is 15.9. The molecule has 0 radical (unpaired) electrons. The molecule has 0 spiro atoms.